The fraction of sp³-hybridized carbons (Fsp3) is 0.962. The van der Waals surface area contributed by atoms with Gasteiger partial charge in [0.1, 0.15) is 6.10 Å². The van der Waals surface area contributed by atoms with Crippen LogP contribution in [0.3, 0.4) is 0 Å². The molecule has 2 unspecified atom stereocenters. The van der Waals surface area contributed by atoms with Gasteiger partial charge in [-0.15, -0.1) is 0 Å². The lowest BCUT2D eigenvalue weighted by Gasteiger charge is -2.30. The first-order valence-electron chi connectivity index (χ1n) is 13.2. The summed E-state index contributed by atoms with van der Waals surface area (Å²) in [5, 5.41) is 2.93. The summed E-state index contributed by atoms with van der Waals surface area (Å²) in [5.41, 5.74) is 5.14. The summed E-state index contributed by atoms with van der Waals surface area (Å²) in [7, 11) is 0. The van der Waals surface area contributed by atoms with Crippen molar-refractivity contribution >= 4 is 5.91 Å². The third-order valence-corrected chi connectivity index (χ3v) is 5.22. The van der Waals surface area contributed by atoms with Gasteiger partial charge in [0.25, 0.3) is 0 Å². The Morgan fingerprint density at radius 1 is 0.912 bits per heavy atom. The van der Waals surface area contributed by atoms with Crippen LogP contribution in [0.5, 0.6) is 0 Å². The monoisotopic (exact) mass is 490 g/mol. The van der Waals surface area contributed by atoms with Crippen molar-refractivity contribution in [3.8, 4) is 0 Å². The molecular weight excluding hydrogens is 436 g/mol. The van der Waals surface area contributed by atoms with E-state index in [9.17, 15) is 4.79 Å². The molecule has 0 fully saturated rings. The van der Waals surface area contributed by atoms with Crippen molar-refractivity contribution in [3.05, 3.63) is 0 Å². The maximum absolute atomic E-state index is 11.8. The highest BCUT2D eigenvalue weighted by molar-refractivity contribution is 5.75. The molecule has 0 aromatic rings. The molecule has 8 nitrogen and oxygen atoms in total. The molecule has 0 aliphatic carbocycles. The number of hydrogen-bond donors (Lipinski definition) is 2. The number of ether oxygens (including phenoxy) is 5. The van der Waals surface area contributed by atoms with Gasteiger partial charge in [0, 0.05) is 26.2 Å². The highest BCUT2D eigenvalue weighted by atomic mass is 16.6. The number of nitrogens with one attached hydrogen (secondary N) is 1. The van der Waals surface area contributed by atoms with Gasteiger partial charge in [-0.1, -0.05) is 6.92 Å². The van der Waals surface area contributed by atoms with E-state index in [0.717, 1.165) is 32.1 Å². The Morgan fingerprint density at radius 3 is 2.24 bits per heavy atom. The van der Waals surface area contributed by atoms with Gasteiger partial charge in [0.15, 0.2) is 0 Å². The lowest BCUT2D eigenvalue weighted by molar-refractivity contribution is -0.143. The van der Waals surface area contributed by atoms with Gasteiger partial charge in [-0.3, -0.25) is 4.79 Å². The van der Waals surface area contributed by atoms with Gasteiger partial charge in [0.2, 0.25) is 5.91 Å². The zero-order valence-electron chi connectivity index (χ0n) is 23.0. The SMILES string of the molecule is CCC(COC(C)C)OC(COCCCNC(=O)CCCCN)COC(C)(C)CCOC(C)C. The van der Waals surface area contributed by atoms with Crippen LogP contribution in [0.15, 0.2) is 0 Å². The smallest absolute Gasteiger partial charge is 0.219 e. The third-order valence-electron chi connectivity index (χ3n) is 5.22. The molecule has 204 valence electrons. The predicted molar refractivity (Wildman–Crippen MR) is 137 cm³/mol. The van der Waals surface area contributed by atoms with E-state index in [1.54, 1.807) is 0 Å². The van der Waals surface area contributed by atoms with Crippen LogP contribution < -0.4 is 11.1 Å². The Labute approximate surface area is 208 Å². The van der Waals surface area contributed by atoms with Crippen molar-refractivity contribution in [2.45, 2.75) is 117 Å². The first-order chi connectivity index (χ1) is 16.1. The highest BCUT2D eigenvalue weighted by Gasteiger charge is 2.23. The van der Waals surface area contributed by atoms with Crippen LogP contribution in [0.25, 0.3) is 0 Å². The number of carbonyl (C=O) groups excluding carboxylic acids is 1. The first-order valence-corrected chi connectivity index (χ1v) is 13.2. The molecule has 0 spiro atoms. The summed E-state index contributed by atoms with van der Waals surface area (Å²) in [5.74, 6) is 0.0719. The normalized spacial score (nSPS) is 14.1. The van der Waals surface area contributed by atoms with E-state index in [0.29, 0.717) is 52.5 Å². The molecule has 0 aromatic carbocycles. The minimum atomic E-state index is -0.319. The molecule has 3 N–H and O–H groups in total. The Hall–Kier alpha value is -0.770. The summed E-state index contributed by atoms with van der Waals surface area (Å²) in [6.07, 6.45) is 4.80. The summed E-state index contributed by atoms with van der Waals surface area (Å²) in [6, 6.07) is 0. The van der Waals surface area contributed by atoms with Crippen molar-refractivity contribution in [2.24, 2.45) is 5.73 Å². The lowest BCUT2D eigenvalue weighted by atomic mass is 10.1. The standard InChI is InChI=1S/C26H54N2O6/c1-8-23(19-32-22(4)5)34-24(20-33-26(6,7)13-17-31-21(2)3)18-30-16-11-15-28-25(29)12-9-10-14-27/h21-24H,8-20,27H2,1-7H3,(H,28,29). The second-order valence-corrected chi connectivity index (χ2v) is 9.93. The van der Waals surface area contributed by atoms with E-state index < -0.39 is 0 Å². The van der Waals surface area contributed by atoms with Gasteiger partial charge in [-0.25, -0.2) is 0 Å². The zero-order valence-corrected chi connectivity index (χ0v) is 23.0. The average Bonchev–Trinajstić information content (AvgIpc) is 2.76. The van der Waals surface area contributed by atoms with Crippen LogP contribution in [0.4, 0.5) is 0 Å². The summed E-state index contributed by atoms with van der Waals surface area (Å²) >= 11 is 0. The molecule has 1 amide bonds. The summed E-state index contributed by atoms with van der Waals surface area (Å²) in [4.78, 5) is 11.8. The number of rotatable bonds is 23. The number of amides is 1. The van der Waals surface area contributed by atoms with E-state index in [2.05, 4.69) is 26.1 Å². The highest BCUT2D eigenvalue weighted by Crippen LogP contribution is 2.17. The fourth-order valence-electron chi connectivity index (χ4n) is 3.02. The molecule has 0 aliphatic rings. The average molecular weight is 491 g/mol. The Kier molecular flexibility index (Phi) is 20.0. The van der Waals surface area contributed by atoms with Gasteiger partial charge in [-0.05, 0) is 80.2 Å². The van der Waals surface area contributed by atoms with Crippen LogP contribution in [-0.4, -0.2) is 82.0 Å². The maximum atomic E-state index is 11.8. The summed E-state index contributed by atoms with van der Waals surface area (Å²) < 4.78 is 29.8. The van der Waals surface area contributed by atoms with Crippen molar-refractivity contribution in [1.82, 2.24) is 5.32 Å². The molecule has 0 heterocycles. The van der Waals surface area contributed by atoms with E-state index in [1.807, 2.05) is 27.7 Å². The number of unbranched alkanes of at least 4 members (excludes halogenated alkanes) is 1. The van der Waals surface area contributed by atoms with E-state index in [1.165, 1.54) is 0 Å². The van der Waals surface area contributed by atoms with Gasteiger partial charge in [0.05, 0.1) is 43.7 Å². The molecule has 2 atom stereocenters. The molecule has 0 saturated carbocycles. The van der Waals surface area contributed by atoms with Crippen molar-refractivity contribution in [3.63, 3.8) is 0 Å². The minimum Gasteiger partial charge on any atom is -0.379 e. The van der Waals surface area contributed by atoms with E-state index in [-0.39, 0.29) is 35.9 Å². The number of hydrogen-bond acceptors (Lipinski definition) is 7. The zero-order chi connectivity index (χ0) is 25.8. The molecule has 0 bridgehead atoms. The van der Waals surface area contributed by atoms with Crippen molar-refractivity contribution in [2.75, 3.05) is 46.1 Å². The number of nitrogens with two attached hydrogens (primary N) is 1. The van der Waals surface area contributed by atoms with Crippen molar-refractivity contribution in [1.29, 1.82) is 0 Å². The second-order valence-electron chi connectivity index (χ2n) is 9.93. The Balaban J connectivity index is 4.51. The lowest BCUT2D eigenvalue weighted by Crippen LogP contribution is -2.37. The minimum absolute atomic E-state index is 0.0141. The largest absolute Gasteiger partial charge is 0.379 e. The van der Waals surface area contributed by atoms with Crippen LogP contribution in [-0.2, 0) is 28.5 Å². The Morgan fingerprint density at radius 2 is 1.62 bits per heavy atom. The van der Waals surface area contributed by atoms with E-state index >= 15 is 0 Å². The number of carbonyl (C=O) groups is 1. The van der Waals surface area contributed by atoms with E-state index in [4.69, 9.17) is 29.4 Å². The maximum Gasteiger partial charge on any atom is 0.219 e. The van der Waals surface area contributed by atoms with Gasteiger partial charge < -0.3 is 34.7 Å². The molecule has 0 radical (unpaired) electrons. The first kappa shape index (κ1) is 33.2. The topological polar surface area (TPSA) is 101 Å². The van der Waals surface area contributed by atoms with Crippen LogP contribution in [0.2, 0.25) is 0 Å². The third kappa shape index (κ3) is 20.6. The molecule has 8 heteroatoms. The van der Waals surface area contributed by atoms with Gasteiger partial charge in [-0.2, -0.15) is 0 Å². The molecule has 0 saturated heterocycles. The molecule has 0 aromatic heterocycles. The van der Waals surface area contributed by atoms with Gasteiger partial charge >= 0.3 is 0 Å². The second kappa shape index (κ2) is 20.4. The Bertz CT molecular complexity index is 488. The molecule has 34 heavy (non-hydrogen) atoms. The molecule has 0 rings (SSSR count). The summed E-state index contributed by atoms with van der Waals surface area (Å²) in [6.45, 7) is 18.2. The fourth-order valence-corrected chi connectivity index (χ4v) is 3.02. The van der Waals surface area contributed by atoms with Crippen molar-refractivity contribution < 1.29 is 28.5 Å². The quantitative estimate of drug-likeness (QED) is 0.210. The predicted octanol–water partition coefficient (Wildman–Crippen LogP) is 3.84. The van der Waals surface area contributed by atoms with Crippen LogP contribution in [0.1, 0.15) is 87.0 Å². The molecule has 0 aliphatic heterocycles. The van der Waals surface area contributed by atoms with Crippen LogP contribution in [0, 0.1) is 0 Å². The molecular formula is C26H54N2O6. The van der Waals surface area contributed by atoms with Crippen LogP contribution >= 0.6 is 0 Å².